The number of aromatic nitrogens is 2. The summed E-state index contributed by atoms with van der Waals surface area (Å²) < 4.78 is 7.25. The zero-order chi connectivity index (χ0) is 13.6. The Kier molecular flexibility index (Phi) is 2.67. The Morgan fingerprint density at radius 2 is 2.32 bits per heavy atom. The van der Waals surface area contributed by atoms with Crippen molar-refractivity contribution in [2.75, 3.05) is 0 Å². The van der Waals surface area contributed by atoms with Crippen LogP contribution in [0.15, 0.2) is 16.5 Å². The van der Waals surface area contributed by atoms with Crippen molar-refractivity contribution in [1.82, 2.24) is 9.55 Å². The molecule has 0 aromatic carbocycles. The molecule has 0 saturated heterocycles. The average molecular weight is 262 g/mol. The monoisotopic (exact) mass is 262 g/mol. The van der Waals surface area contributed by atoms with Crippen LogP contribution in [0.2, 0.25) is 0 Å². The second-order valence-electron chi connectivity index (χ2n) is 4.69. The first kappa shape index (κ1) is 12.0. The molecule has 1 atom stereocenters. The minimum absolute atomic E-state index is 0.0868. The van der Waals surface area contributed by atoms with E-state index in [1.807, 2.05) is 6.92 Å². The summed E-state index contributed by atoms with van der Waals surface area (Å²) in [5.74, 6) is 0.611. The summed E-state index contributed by atoms with van der Waals surface area (Å²) in [6.07, 6.45) is 0.566. The summed E-state index contributed by atoms with van der Waals surface area (Å²) in [5, 5.41) is 19.2. The van der Waals surface area contributed by atoms with E-state index in [9.17, 15) is 15.0 Å². The minimum atomic E-state index is -1.13. The Morgan fingerprint density at radius 1 is 1.53 bits per heavy atom. The molecule has 0 amide bonds. The number of nitrogens with zero attached hydrogens (tertiary/aromatic N) is 2. The van der Waals surface area contributed by atoms with E-state index in [1.165, 1.54) is 0 Å². The summed E-state index contributed by atoms with van der Waals surface area (Å²) in [6.45, 7) is 2.46. The highest BCUT2D eigenvalue weighted by atomic mass is 16.4. The van der Waals surface area contributed by atoms with Crippen LogP contribution in [0.3, 0.4) is 0 Å². The number of rotatable bonds is 2. The summed E-state index contributed by atoms with van der Waals surface area (Å²) in [4.78, 5) is 15.4. The molecule has 0 aliphatic carbocycles. The zero-order valence-electron chi connectivity index (χ0n) is 10.5. The number of imidazole rings is 1. The molecule has 2 N–H and O–H groups in total. The third kappa shape index (κ3) is 1.84. The van der Waals surface area contributed by atoms with Crippen molar-refractivity contribution in [1.29, 1.82) is 0 Å². The van der Waals surface area contributed by atoms with E-state index in [0.717, 1.165) is 12.2 Å². The molecule has 3 heterocycles. The third-order valence-electron chi connectivity index (χ3n) is 3.35. The van der Waals surface area contributed by atoms with Crippen LogP contribution in [-0.2, 0) is 6.54 Å². The summed E-state index contributed by atoms with van der Waals surface area (Å²) in [7, 11) is 0. The van der Waals surface area contributed by atoms with Crippen molar-refractivity contribution >= 4 is 5.97 Å². The highest BCUT2D eigenvalue weighted by Gasteiger charge is 2.30. The van der Waals surface area contributed by atoms with E-state index in [0.29, 0.717) is 30.2 Å². The number of carbonyl (C=O) groups is 1. The van der Waals surface area contributed by atoms with Gasteiger partial charge in [-0.05, 0) is 31.9 Å². The number of carboxylic acid groups (broad SMARTS) is 1. The smallest absolute Gasteiger partial charge is 0.356 e. The number of carboxylic acids is 1. The summed E-state index contributed by atoms with van der Waals surface area (Å²) in [6, 6.07) is 3.56. The van der Waals surface area contributed by atoms with Gasteiger partial charge in [0.05, 0.1) is 11.8 Å². The predicted octanol–water partition coefficient (Wildman–Crippen LogP) is 1.98. The molecule has 3 rings (SSSR count). The SMILES string of the molecule is Cc1ccc(-c2nc(C(=O)O)c3n2CCCC3O)o1. The van der Waals surface area contributed by atoms with Crippen molar-refractivity contribution in [3.8, 4) is 11.6 Å². The number of aliphatic hydroxyl groups excluding tert-OH is 1. The lowest BCUT2D eigenvalue weighted by Crippen LogP contribution is -2.18. The van der Waals surface area contributed by atoms with E-state index >= 15 is 0 Å². The fourth-order valence-corrected chi connectivity index (χ4v) is 2.51. The molecule has 1 aliphatic rings. The van der Waals surface area contributed by atoms with Crippen LogP contribution in [0.5, 0.6) is 0 Å². The lowest BCUT2D eigenvalue weighted by atomic mass is 10.1. The molecule has 6 heteroatoms. The maximum Gasteiger partial charge on any atom is 0.356 e. The van der Waals surface area contributed by atoms with Crippen molar-refractivity contribution in [3.05, 3.63) is 29.3 Å². The van der Waals surface area contributed by atoms with E-state index in [2.05, 4.69) is 4.98 Å². The van der Waals surface area contributed by atoms with E-state index in [4.69, 9.17) is 4.42 Å². The predicted molar refractivity (Wildman–Crippen MR) is 65.8 cm³/mol. The molecule has 0 bridgehead atoms. The molecule has 1 aliphatic heterocycles. The van der Waals surface area contributed by atoms with Crippen LogP contribution in [0.1, 0.15) is 40.9 Å². The van der Waals surface area contributed by atoms with Gasteiger partial charge in [0.1, 0.15) is 5.76 Å². The standard InChI is InChI=1S/C13H14N2O4/c1-7-4-5-9(19-7)12-14-10(13(17)18)11-8(16)3-2-6-15(11)12/h4-5,8,16H,2-3,6H2,1H3,(H,17,18). The van der Waals surface area contributed by atoms with Gasteiger partial charge in [0.2, 0.25) is 0 Å². The summed E-state index contributed by atoms with van der Waals surface area (Å²) in [5.41, 5.74) is 0.291. The maximum absolute atomic E-state index is 11.3. The number of aliphatic hydroxyl groups is 1. The van der Waals surface area contributed by atoms with Crippen molar-refractivity contribution in [2.45, 2.75) is 32.4 Å². The Bertz CT molecular complexity index is 641. The fraction of sp³-hybridized carbons (Fsp3) is 0.385. The molecule has 1 unspecified atom stereocenters. The number of hydrogen-bond donors (Lipinski definition) is 2. The first-order valence-electron chi connectivity index (χ1n) is 6.16. The topological polar surface area (TPSA) is 88.5 Å². The van der Waals surface area contributed by atoms with Gasteiger partial charge in [-0.25, -0.2) is 9.78 Å². The van der Waals surface area contributed by atoms with Gasteiger partial charge >= 0.3 is 5.97 Å². The Morgan fingerprint density at radius 3 is 2.95 bits per heavy atom. The fourth-order valence-electron chi connectivity index (χ4n) is 2.51. The molecule has 2 aromatic rings. The molecule has 6 nitrogen and oxygen atoms in total. The van der Waals surface area contributed by atoms with Crippen molar-refractivity contribution in [3.63, 3.8) is 0 Å². The maximum atomic E-state index is 11.3. The van der Waals surface area contributed by atoms with Crippen LogP contribution in [0.4, 0.5) is 0 Å². The van der Waals surface area contributed by atoms with Crippen LogP contribution < -0.4 is 0 Å². The van der Waals surface area contributed by atoms with Gasteiger partial charge in [-0.2, -0.15) is 0 Å². The third-order valence-corrected chi connectivity index (χ3v) is 3.35. The van der Waals surface area contributed by atoms with Gasteiger partial charge in [0, 0.05) is 6.54 Å². The molecule has 0 spiro atoms. The molecule has 0 radical (unpaired) electrons. The van der Waals surface area contributed by atoms with Gasteiger partial charge in [0.15, 0.2) is 17.3 Å². The number of aromatic carboxylic acids is 1. The van der Waals surface area contributed by atoms with Crippen LogP contribution in [0.25, 0.3) is 11.6 Å². The quantitative estimate of drug-likeness (QED) is 0.863. The molecule has 0 fully saturated rings. The Labute approximate surface area is 109 Å². The normalized spacial score (nSPS) is 18.3. The van der Waals surface area contributed by atoms with Crippen LogP contribution in [-0.4, -0.2) is 25.7 Å². The number of aryl methyl sites for hydroxylation is 1. The number of hydrogen-bond acceptors (Lipinski definition) is 4. The first-order chi connectivity index (χ1) is 9.08. The van der Waals surface area contributed by atoms with E-state index < -0.39 is 12.1 Å². The summed E-state index contributed by atoms with van der Waals surface area (Å²) >= 11 is 0. The lowest BCUT2D eigenvalue weighted by Gasteiger charge is -2.21. The van der Waals surface area contributed by atoms with Crippen LogP contribution in [0, 0.1) is 6.92 Å². The van der Waals surface area contributed by atoms with Gasteiger partial charge in [0.25, 0.3) is 0 Å². The molecular formula is C13H14N2O4. The molecular weight excluding hydrogens is 248 g/mol. The van der Waals surface area contributed by atoms with Gasteiger partial charge < -0.3 is 19.2 Å². The van der Waals surface area contributed by atoms with Gasteiger partial charge in [-0.15, -0.1) is 0 Å². The van der Waals surface area contributed by atoms with Crippen LogP contribution >= 0.6 is 0 Å². The average Bonchev–Trinajstić information content (AvgIpc) is 2.93. The largest absolute Gasteiger partial charge is 0.476 e. The first-order valence-corrected chi connectivity index (χ1v) is 6.16. The van der Waals surface area contributed by atoms with E-state index in [1.54, 1.807) is 16.7 Å². The lowest BCUT2D eigenvalue weighted by molar-refractivity contribution is 0.0677. The van der Waals surface area contributed by atoms with E-state index in [-0.39, 0.29) is 5.69 Å². The second kappa shape index (κ2) is 4.24. The Balaban J connectivity index is 2.21. The molecule has 19 heavy (non-hydrogen) atoms. The highest BCUT2D eigenvalue weighted by Crippen LogP contribution is 2.33. The minimum Gasteiger partial charge on any atom is -0.476 e. The van der Waals surface area contributed by atoms with Gasteiger partial charge in [-0.3, -0.25) is 0 Å². The highest BCUT2D eigenvalue weighted by molar-refractivity contribution is 5.88. The van der Waals surface area contributed by atoms with Gasteiger partial charge in [-0.1, -0.05) is 0 Å². The number of furan rings is 1. The molecule has 100 valence electrons. The van der Waals surface area contributed by atoms with Crippen molar-refractivity contribution in [2.24, 2.45) is 0 Å². The molecule has 0 saturated carbocycles. The zero-order valence-corrected chi connectivity index (χ0v) is 10.5. The van der Waals surface area contributed by atoms with Crippen molar-refractivity contribution < 1.29 is 19.4 Å². The molecule has 2 aromatic heterocycles. The second-order valence-corrected chi connectivity index (χ2v) is 4.69. The number of fused-ring (bicyclic) bond motifs is 1. The Hall–Kier alpha value is -2.08.